The lowest BCUT2D eigenvalue weighted by Crippen LogP contribution is -2.44. The Labute approximate surface area is 666 Å². The molecule has 0 aliphatic rings. The van der Waals surface area contributed by atoms with Crippen LogP contribution in [-0.4, -0.2) is 269 Å². The summed E-state index contributed by atoms with van der Waals surface area (Å²) in [6, 6.07) is 0. The van der Waals surface area contributed by atoms with Gasteiger partial charge in [0.05, 0.1) is 13.2 Å². The van der Waals surface area contributed by atoms with E-state index in [1.165, 1.54) is 14.2 Å². The third kappa shape index (κ3) is 43.6. The van der Waals surface area contributed by atoms with E-state index in [0.717, 1.165) is 84.0 Å². The molecule has 638 valence electrons. The highest BCUT2D eigenvalue weighted by atomic mass is 16.5. The molecule has 0 saturated heterocycles. The monoisotopic (exact) mass is 1560 g/mol. The summed E-state index contributed by atoms with van der Waals surface area (Å²) in [5.41, 5.74) is -6.05. The van der Waals surface area contributed by atoms with Gasteiger partial charge in [0.2, 0.25) is 41.4 Å². The molecule has 6 atom stereocenters. The van der Waals surface area contributed by atoms with E-state index in [0.29, 0.717) is 65.3 Å². The number of unbranched alkanes of at least 4 members (excludes halogenated alkanes) is 7. The summed E-state index contributed by atoms with van der Waals surface area (Å²) in [5.74, 6) is -9.52. The molecule has 0 heterocycles. The smallest absolute Gasteiger partial charge is 0.225 e. The number of rotatable bonds is 66. The molecule has 6 unspecified atom stereocenters. The summed E-state index contributed by atoms with van der Waals surface area (Å²) >= 11 is 0. The number of methoxy groups -OCH3 is 2. The molecule has 0 aromatic rings. The van der Waals surface area contributed by atoms with Gasteiger partial charge in [0.1, 0.15) is 28.9 Å². The number of carbonyl (C=O) groups excluding carboxylic acids is 12. The Balaban J connectivity index is 7.87. The highest BCUT2D eigenvalue weighted by Crippen LogP contribution is 2.42. The van der Waals surface area contributed by atoms with Crippen LogP contribution in [0.5, 0.6) is 0 Å². The van der Waals surface area contributed by atoms with Gasteiger partial charge in [-0.3, -0.25) is 57.5 Å². The van der Waals surface area contributed by atoms with Gasteiger partial charge in [0, 0.05) is 216 Å². The number of nitrogens with one attached hydrogen (secondary N) is 5. The molecule has 7 amide bonds. The molecular formula is C85H159N11O14. The van der Waals surface area contributed by atoms with Crippen molar-refractivity contribution in [3.05, 3.63) is 0 Å². The van der Waals surface area contributed by atoms with Crippen molar-refractivity contribution in [2.24, 2.45) is 62.6 Å². The Morgan fingerprint density at radius 2 is 0.709 bits per heavy atom. The molecule has 5 N–H and O–H groups in total. The predicted octanol–water partition coefficient (Wildman–Crippen LogP) is 9.49. The molecule has 0 spiro atoms. The van der Waals surface area contributed by atoms with Gasteiger partial charge in [-0.1, -0.05) is 142 Å². The fraction of sp³-hybridized carbons (Fsp3) is 0.859. The van der Waals surface area contributed by atoms with Crippen LogP contribution in [0.3, 0.4) is 0 Å². The average Bonchev–Trinajstić information content (AvgIpc) is 0.808. The van der Waals surface area contributed by atoms with E-state index in [1.807, 2.05) is 70.0 Å². The topological polar surface area (TPSA) is 303 Å². The van der Waals surface area contributed by atoms with Crippen molar-refractivity contribution in [3.8, 4) is 0 Å². The van der Waals surface area contributed by atoms with E-state index in [9.17, 15) is 33.6 Å². The van der Waals surface area contributed by atoms with Gasteiger partial charge in [0.15, 0.2) is 0 Å². The average molecular weight is 1560 g/mol. The van der Waals surface area contributed by atoms with Gasteiger partial charge in [0.25, 0.3) is 0 Å². The third-order valence-electron chi connectivity index (χ3n) is 21.8. The number of carbonyl (C=O) groups is 12. The minimum Gasteiger partial charge on any atom is -0.383 e. The Bertz CT molecular complexity index is 2790. The number of nitrogens with zero attached hydrogens (tertiary/aromatic N) is 6. The van der Waals surface area contributed by atoms with Crippen molar-refractivity contribution < 1.29 is 67.0 Å². The number of Topliss-reactive ketones (excluding diaryl/α,β-unsaturated/α-hetero) is 5. The van der Waals surface area contributed by atoms with Gasteiger partial charge in [-0.15, -0.1) is 0 Å². The van der Waals surface area contributed by atoms with Crippen LogP contribution in [0.15, 0.2) is 0 Å². The standard InChI is InChI=1S/C85H159N11O14/c1-25-29-32-34-37-86-73(101)54-64(58-82(7,8)71(99)52-66(78(106)89-38-35-33-30-26-2)61-85(13,14)76(104)65(55-74(102)87-39-49-109-23)59-83(9,10)70(98)51-63(28-4)77(105)90-40-50-110-24)69(97)62-81(5,6)57-68(80(108)96(22)48-46-94(20)44-42-92(17)18)53-72(100)84(11,12)60-67(79(107)88-36-31-27-3)56-75(103)95(21)47-45-93(19)43-41-91(15)16/h63-68H,25-62H2,1-24H3,(H,86,101)(H,87,102)(H,88,107)(H,89,106)(H,90,105). The maximum absolute atomic E-state index is 15.5. The maximum Gasteiger partial charge on any atom is 0.225 e. The minimum atomic E-state index is -1.36. The Kier molecular flexibility index (Phi) is 51.5. The normalized spacial score (nSPS) is 14.0. The summed E-state index contributed by atoms with van der Waals surface area (Å²) in [5, 5.41) is 14.7. The quantitative estimate of drug-likeness (QED) is 0.0354. The molecule has 25 nitrogen and oxygen atoms in total. The van der Waals surface area contributed by atoms with Gasteiger partial charge >= 0.3 is 0 Å². The van der Waals surface area contributed by atoms with E-state index in [2.05, 4.69) is 60.0 Å². The fourth-order valence-corrected chi connectivity index (χ4v) is 14.1. The summed E-state index contributed by atoms with van der Waals surface area (Å²) in [7, 11) is 18.5. The molecule has 0 radical (unpaired) electrons. The predicted molar refractivity (Wildman–Crippen MR) is 440 cm³/mol. The molecule has 110 heavy (non-hydrogen) atoms. The van der Waals surface area contributed by atoms with Crippen molar-refractivity contribution in [3.63, 3.8) is 0 Å². The number of hydrogen-bond acceptors (Lipinski definition) is 18. The van der Waals surface area contributed by atoms with Gasteiger partial charge in [-0.2, -0.15) is 0 Å². The minimum absolute atomic E-state index is 0.0392. The molecule has 0 aliphatic heterocycles. The summed E-state index contributed by atoms with van der Waals surface area (Å²) < 4.78 is 10.3. The molecule has 0 fully saturated rings. The van der Waals surface area contributed by atoms with Crippen LogP contribution in [0.1, 0.15) is 245 Å². The van der Waals surface area contributed by atoms with Crippen LogP contribution in [0.2, 0.25) is 0 Å². The van der Waals surface area contributed by atoms with Crippen molar-refractivity contribution in [2.45, 2.75) is 245 Å². The molecule has 0 aromatic heterocycles. The van der Waals surface area contributed by atoms with Crippen LogP contribution in [0.4, 0.5) is 0 Å². The van der Waals surface area contributed by atoms with Crippen LogP contribution >= 0.6 is 0 Å². The van der Waals surface area contributed by atoms with Gasteiger partial charge in [-0.25, -0.2) is 0 Å². The van der Waals surface area contributed by atoms with Gasteiger partial charge in [-0.05, 0) is 105 Å². The van der Waals surface area contributed by atoms with Crippen LogP contribution in [0, 0.1) is 62.6 Å². The van der Waals surface area contributed by atoms with E-state index in [1.54, 1.807) is 79.3 Å². The molecule has 0 aliphatic carbocycles. The number of likely N-dealkylation sites (N-methyl/N-ethyl adjacent to an activating group) is 6. The van der Waals surface area contributed by atoms with Crippen LogP contribution in [-0.2, 0) is 67.0 Å². The molecule has 0 saturated carbocycles. The second-order valence-electron chi connectivity index (χ2n) is 35.6. The first-order valence-corrected chi connectivity index (χ1v) is 41.5. The molecule has 0 rings (SSSR count). The Hall–Kier alpha value is -5.60. The zero-order valence-corrected chi connectivity index (χ0v) is 73.7. The zero-order valence-electron chi connectivity index (χ0n) is 73.7. The lowest BCUT2D eigenvalue weighted by atomic mass is 9.67. The SMILES string of the molecule is CCCCCCNC(=O)CC(CC(C)(C)C(=O)CC(CC(C)(C)C(=O)C(CC(=O)NCCOC)CC(C)(C)C(=O)CC(CC)C(=O)NCCOC)C(=O)NCCCCCC)C(=O)CC(C)(C)CC(CC(=O)C(C)(C)CC(CC(=O)N(C)CCN(C)CCN(C)C)C(=O)NCCCC)C(=O)N(C)CCN(C)CCN(C)C. The molecule has 0 aromatic carbocycles. The maximum atomic E-state index is 15.5. The number of ether oxygens (including phenoxy) is 2. The highest BCUT2D eigenvalue weighted by Gasteiger charge is 2.46. The number of amides is 7. The Morgan fingerprint density at radius 1 is 0.345 bits per heavy atom. The number of hydrogen-bond donors (Lipinski definition) is 5. The molecular weight excluding hydrogens is 1400 g/mol. The van der Waals surface area contributed by atoms with Crippen molar-refractivity contribution >= 4 is 70.3 Å². The Morgan fingerprint density at radius 3 is 1.17 bits per heavy atom. The van der Waals surface area contributed by atoms with E-state index < -0.39 is 74.4 Å². The van der Waals surface area contributed by atoms with Crippen LogP contribution in [0.25, 0.3) is 0 Å². The highest BCUT2D eigenvalue weighted by molar-refractivity contribution is 5.96. The van der Waals surface area contributed by atoms with Crippen molar-refractivity contribution in [1.82, 2.24) is 56.0 Å². The fourth-order valence-electron chi connectivity index (χ4n) is 14.1. The first-order chi connectivity index (χ1) is 51.3. The molecule has 0 bridgehead atoms. The zero-order chi connectivity index (χ0) is 84.2. The number of ketones is 5. The summed E-state index contributed by atoms with van der Waals surface area (Å²) in [6.45, 7) is 32.8. The first-order valence-electron chi connectivity index (χ1n) is 41.5. The lowest BCUT2D eigenvalue weighted by Gasteiger charge is -2.36. The van der Waals surface area contributed by atoms with Gasteiger partial charge < -0.3 is 65.5 Å². The van der Waals surface area contributed by atoms with Crippen LogP contribution < -0.4 is 26.6 Å². The second-order valence-corrected chi connectivity index (χ2v) is 35.6. The van der Waals surface area contributed by atoms with Crippen molar-refractivity contribution in [2.75, 3.05) is 169 Å². The van der Waals surface area contributed by atoms with E-state index >= 15 is 24.0 Å². The third-order valence-corrected chi connectivity index (χ3v) is 21.8. The lowest BCUT2D eigenvalue weighted by molar-refractivity contribution is -0.142. The van der Waals surface area contributed by atoms with E-state index in [-0.39, 0.29) is 155 Å². The van der Waals surface area contributed by atoms with E-state index in [4.69, 9.17) is 9.47 Å². The largest absolute Gasteiger partial charge is 0.383 e. The molecule has 25 heteroatoms. The second kappa shape index (κ2) is 54.2. The summed E-state index contributed by atoms with van der Waals surface area (Å²) in [6.07, 6.45) is 7.44. The summed E-state index contributed by atoms with van der Waals surface area (Å²) in [4.78, 5) is 187. The first kappa shape index (κ1) is 104. The van der Waals surface area contributed by atoms with Crippen molar-refractivity contribution in [1.29, 1.82) is 0 Å².